The van der Waals surface area contributed by atoms with E-state index >= 15 is 0 Å². The van der Waals surface area contributed by atoms with E-state index in [2.05, 4.69) is 22.4 Å². The summed E-state index contributed by atoms with van der Waals surface area (Å²) >= 11 is 1.42. The molecule has 0 bridgehead atoms. The lowest BCUT2D eigenvalue weighted by Crippen LogP contribution is -2.42. The molecule has 0 aromatic carbocycles. The minimum Gasteiger partial charge on any atom is -0.467 e. The first kappa shape index (κ1) is 15.0. The van der Waals surface area contributed by atoms with Crippen LogP contribution in [-0.2, 0) is 6.42 Å². The molecule has 118 valence electrons. The minimum atomic E-state index is -0.132. The van der Waals surface area contributed by atoms with Gasteiger partial charge in [0.25, 0.3) is 0 Å². The van der Waals surface area contributed by atoms with Crippen LogP contribution in [0.2, 0.25) is 0 Å². The zero-order valence-corrected chi connectivity index (χ0v) is 13.6. The molecule has 7 heteroatoms. The summed E-state index contributed by atoms with van der Waals surface area (Å²) < 4.78 is 5.53. The summed E-state index contributed by atoms with van der Waals surface area (Å²) in [6.07, 6.45) is 4.39. The fraction of sp³-hybridized carbons (Fsp3) is 0.533. The first-order valence-electron chi connectivity index (χ1n) is 7.60. The first-order valence-corrected chi connectivity index (χ1v) is 8.42. The maximum absolute atomic E-state index is 12.6. The highest BCUT2D eigenvalue weighted by Gasteiger charge is 2.33. The molecule has 6 nitrogen and oxygen atoms in total. The minimum absolute atomic E-state index is 0.0164. The van der Waals surface area contributed by atoms with Crippen LogP contribution in [0.1, 0.15) is 43.5 Å². The molecule has 0 aliphatic carbocycles. The van der Waals surface area contributed by atoms with E-state index in [4.69, 9.17) is 4.42 Å². The van der Waals surface area contributed by atoms with Crippen LogP contribution < -0.4 is 5.32 Å². The average Bonchev–Trinajstić information content (AvgIpc) is 3.18. The van der Waals surface area contributed by atoms with Crippen molar-refractivity contribution in [2.45, 2.75) is 39.2 Å². The van der Waals surface area contributed by atoms with Gasteiger partial charge >= 0.3 is 6.03 Å². The van der Waals surface area contributed by atoms with E-state index in [1.54, 1.807) is 6.26 Å². The first-order chi connectivity index (χ1) is 10.7. The van der Waals surface area contributed by atoms with Gasteiger partial charge in [-0.1, -0.05) is 25.2 Å². The van der Waals surface area contributed by atoms with Gasteiger partial charge in [-0.3, -0.25) is 5.32 Å². The molecule has 1 saturated heterocycles. The fourth-order valence-corrected chi connectivity index (χ4v) is 3.41. The number of aryl methyl sites for hydroxylation is 1. The number of furan rings is 1. The van der Waals surface area contributed by atoms with Crippen LogP contribution in [0.15, 0.2) is 22.8 Å². The fourth-order valence-electron chi connectivity index (χ4n) is 2.75. The summed E-state index contributed by atoms with van der Waals surface area (Å²) in [5.74, 6) is 1.42. The third kappa shape index (κ3) is 3.14. The Morgan fingerprint density at radius 1 is 1.55 bits per heavy atom. The summed E-state index contributed by atoms with van der Waals surface area (Å²) in [4.78, 5) is 14.4. The lowest BCUT2D eigenvalue weighted by molar-refractivity contribution is 0.129. The van der Waals surface area contributed by atoms with Gasteiger partial charge in [0.05, 0.1) is 12.3 Å². The van der Waals surface area contributed by atoms with Gasteiger partial charge in [-0.2, -0.15) is 0 Å². The van der Waals surface area contributed by atoms with Crippen molar-refractivity contribution in [3.8, 4) is 0 Å². The Kier molecular flexibility index (Phi) is 4.42. The van der Waals surface area contributed by atoms with E-state index in [1.807, 2.05) is 24.0 Å². The molecule has 1 N–H and O–H groups in total. The molecule has 2 atom stereocenters. The molecule has 1 fully saturated rings. The lowest BCUT2D eigenvalue weighted by atomic mass is 9.91. The van der Waals surface area contributed by atoms with Gasteiger partial charge in [0.1, 0.15) is 10.8 Å². The Hall–Kier alpha value is -1.89. The van der Waals surface area contributed by atoms with Crippen LogP contribution in [0.3, 0.4) is 0 Å². The quantitative estimate of drug-likeness (QED) is 0.936. The number of hydrogen-bond donors (Lipinski definition) is 1. The van der Waals surface area contributed by atoms with Gasteiger partial charge in [0.2, 0.25) is 5.13 Å². The number of amides is 2. The summed E-state index contributed by atoms with van der Waals surface area (Å²) in [7, 11) is 0. The number of aromatic nitrogens is 2. The number of carbonyl (C=O) groups excluding carboxylic acids is 1. The molecule has 0 spiro atoms. The number of nitrogens with zero attached hydrogens (tertiary/aromatic N) is 3. The van der Waals surface area contributed by atoms with Crippen molar-refractivity contribution in [1.29, 1.82) is 0 Å². The van der Waals surface area contributed by atoms with Crippen molar-refractivity contribution in [1.82, 2.24) is 15.1 Å². The van der Waals surface area contributed by atoms with Crippen molar-refractivity contribution >= 4 is 22.5 Å². The summed E-state index contributed by atoms with van der Waals surface area (Å²) in [6.45, 7) is 4.95. The van der Waals surface area contributed by atoms with Crippen LogP contribution in [0, 0.1) is 5.92 Å². The normalized spacial score (nSPS) is 21.8. The van der Waals surface area contributed by atoms with E-state index in [0.29, 0.717) is 11.0 Å². The number of hydrogen-bond acceptors (Lipinski definition) is 5. The number of piperidine rings is 1. The van der Waals surface area contributed by atoms with Gasteiger partial charge in [-0.15, -0.1) is 10.2 Å². The van der Waals surface area contributed by atoms with Gasteiger partial charge in [0.15, 0.2) is 0 Å². The highest BCUT2D eigenvalue weighted by molar-refractivity contribution is 7.15. The Morgan fingerprint density at radius 2 is 2.41 bits per heavy atom. The van der Waals surface area contributed by atoms with Gasteiger partial charge < -0.3 is 9.32 Å². The van der Waals surface area contributed by atoms with Crippen LogP contribution in [0.5, 0.6) is 0 Å². The zero-order chi connectivity index (χ0) is 15.5. The zero-order valence-electron chi connectivity index (χ0n) is 12.8. The monoisotopic (exact) mass is 320 g/mol. The van der Waals surface area contributed by atoms with Crippen LogP contribution in [0.4, 0.5) is 9.93 Å². The molecule has 22 heavy (non-hydrogen) atoms. The molecule has 3 rings (SSSR count). The standard InChI is InChI=1S/C15H20N4O2S/c1-3-13-17-18-14(22-13)16-15(20)19-7-6-10(2)9-11(19)12-5-4-8-21-12/h4-5,8,10-11H,3,6-7,9H2,1-2H3,(H,16,18,20). The molecule has 2 unspecified atom stereocenters. The molecule has 2 amide bonds. The van der Waals surface area contributed by atoms with Crippen molar-refractivity contribution in [3.63, 3.8) is 0 Å². The second kappa shape index (κ2) is 6.48. The number of carbonyl (C=O) groups is 1. The number of nitrogens with one attached hydrogen (secondary N) is 1. The lowest BCUT2D eigenvalue weighted by Gasteiger charge is -2.37. The van der Waals surface area contributed by atoms with Gasteiger partial charge in [-0.05, 0) is 37.3 Å². The van der Waals surface area contributed by atoms with E-state index < -0.39 is 0 Å². The molecule has 2 aromatic rings. The molecular formula is C15H20N4O2S. The second-order valence-electron chi connectivity index (χ2n) is 5.64. The van der Waals surface area contributed by atoms with E-state index in [0.717, 1.165) is 36.6 Å². The molecule has 0 radical (unpaired) electrons. The molecule has 3 heterocycles. The molecular weight excluding hydrogens is 300 g/mol. The van der Waals surface area contributed by atoms with E-state index in [-0.39, 0.29) is 12.1 Å². The van der Waals surface area contributed by atoms with Crippen molar-refractivity contribution < 1.29 is 9.21 Å². The molecule has 1 aliphatic heterocycles. The van der Waals surface area contributed by atoms with E-state index in [9.17, 15) is 4.79 Å². The largest absolute Gasteiger partial charge is 0.467 e. The third-order valence-corrected chi connectivity index (χ3v) is 4.96. The predicted octanol–water partition coefficient (Wildman–Crippen LogP) is 3.70. The number of likely N-dealkylation sites (tertiary alicyclic amines) is 1. The Balaban J connectivity index is 1.74. The number of urea groups is 1. The molecule has 1 aliphatic rings. The summed E-state index contributed by atoms with van der Waals surface area (Å²) in [5.41, 5.74) is 0. The molecule has 2 aromatic heterocycles. The highest BCUT2D eigenvalue weighted by Crippen LogP contribution is 2.34. The summed E-state index contributed by atoms with van der Waals surface area (Å²) in [5, 5.41) is 12.4. The van der Waals surface area contributed by atoms with Crippen molar-refractivity contribution in [2.24, 2.45) is 5.92 Å². The van der Waals surface area contributed by atoms with Crippen molar-refractivity contribution in [2.75, 3.05) is 11.9 Å². The second-order valence-corrected chi connectivity index (χ2v) is 6.70. The topological polar surface area (TPSA) is 71.3 Å². The average molecular weight is 320 g/mol. The van der Waals surface area contributed by atoms with Crippen LogP contribution >= 0.6 is 11.3 Å². The van der Waals surface area contributed by atoms with E-state index in [1.165, 1.54) is 11.3 Å². The van der Waals surface area contributed by atoms with Crippen LogP contribution in [0.25, 0.3) is 0 Å². The van der Waals surface area contributed by atoms with Crippen LogP contribution in [-0.4, -0.2) is 27.7 Å². The number of rotatable bonds is 3. The number of anilines is 1. The predicted molar refractivity (Wildman–Crippen MR) is 84.9 cm³/mol. The smallest absolute Gasteiger partial charge is 0.324 e. The van der Waals surface area contributed by atoms with Gasteiger partial charge in [-0.25, -0.2) is 4.79 Å². The summed E-state index contributed by atoms with van der Waals surface area (Å²) in [6, 6.07) is 3.65. The maximum Gasteiger partial charge on any atom is 0.324 e. The Bertz CT molecular complexity index is 625. The maximum atomic E-state index is 12.6. The van der Waals surface area contributed by atoms with Gasteiger partial charge in [0, 0.05) is 6.54 Å². The molecule has 0 saturated carbocycles. The Labute approximate surface area is 133 Å². The highest BCUT2D eigenvalue weighted by atomic mass is 32.1. The SMILES string of the molecule is CCc1nnc(NC(=O)N2CCC(C)CC2c2ccco2)s1. The van der Waals surface area contributed by atoms with Crippen molar-refractivity contribution in [3.05, 3.63) is 29.2 Å². The third-order valence-electron chi connectivity index (χ3n) is 3.98. The Morgan fingerprint density at radius 3 is 3.09 bits per heavy atom.